The second-order valence-electron chi connectivity index (χ2n) is 8.10. The lowest BCUT2D eigenvalue weighted by Gasteiger charge is -2.11. The molecule has 32 heavy (non-hydrogen) atoms. The van der Waals surface area contributed by atoms with Gasteiger partial charge in [-0.05, 0) is 35.9 Å². The van der Waals surface area contributed by atoms with Crippen LogP contribution in [0.25, 0.3) is 34.1 Å². The minimum atomic E-state index is -0.0480. The number of carbonyl (C=O) groups excluding carboxylic acids is 1. The number of benzene rings is 3. The monoisotopic (exact) mass is 421 g/mol. The number of anilines is 1. The van der Waals surface area contributed by atoms with Gasteiger partial charge in [-0.25, -0.2) is 9.55 Å². The molecular weight excluding hydrogens is 396 g/mol. The second kappa shape index (κ2) is 7.85. The summed E-state index contributed by atoms with van der Waals surface area (Å²) < 4.78 is 4.11. The smallest absolute Gasteiger partial charge is 0.368 e. The number of carbonyl (C=O) groups is 1. The first kappa shape index (κ1) is 19.8. The molecule has 0 unspecified atom stereocenters. The minimum absolute atomic E-state index is 0.0480. The van der Waals surface area contributed by atoms with Crippen LogP contribution in [0.1, 0.15) is 16.1 Å². The molecule has 158 valence electrons. The molecule has 0 saturated heterocycles. The normalized spacial score (nSPS) is 11.6. The topological polar surface area (TPSA) is 44.4 Å². The summed E-state index contributed by atoms with van der Waals surface area (Å²) in [5, 5.41) is 0. The number of H-pyrrole nitrogens is 1. The largest absolute Gasteiger partial charge is 0.378 e. The van der Waals surface area contributed by atoms with Gasteiger partial charge in [0.1, 0.15) is 16.7 Å². The number of para-hydroxylation sites is 2. The van der Waals surface area contributed by atoms with Crippen LogP contribution in [0.4, 0.5) is 5.69 Å². The number of aromatic amines is 1. The number of hydrogen-bond donors (Lipinski definition) is 1. The Morgan fingerprint density at radius 2 is 1.62 bits per heavy atom. The van der Waals surface area contributed by atoms with Crippen molar-refractivity contribution < 1.29 is 9.36 Å². The summed E-state index contributed by atoms with van der Waals surface area (Å²) in [5.74, 6) is 0.824. The maximum absolute atomic E-state index is 13.6. The maximum Gasteiger partial charge on any atom is 0.368 e. The average Bonchev–Trinajstić information content (AvgIpc) is 3.35. The van der Waals surface area contributed by atoms with Gasteiger partial charge in [-0.15, -0.1) is 0 Å². The number of hydrogen-bond acceptors (Lipinski definition) is 2. The van der Waals surface area contributed by atoms with Crippen LogP contribution in [0.2, 0.25) is 0 Å². The molecular formula is C27H25N4O+. The first-order chi connectivity index (χ1) is 15.5. The van der Waals surface area contributed by atoms with Gasteiger partial charge in [0, 0.05) is 25.3 Å². The third-order valence-electron chi connectivity index (χ3n) is 5.84. The Kier molecular flexibility index (Phi) is 4.86. The summed E-state index contributed by atoms with van der Waals surface area (Å²) in [4.78, 5) is 19.1. The highest BCUT2D eigenvalue weighted by molar-refractivity contribution is 6.10. The van der Waals surface area contributed by atoms with Gasteiger partial charge in [-0.1, -0.05) is 60.7 Å². The lowest BCUT2D eigenvalue weighted by atomic mass is 10.1. The molecule has 0 amide bonds. The fourth-order valence-corrected chi connectivity index (χ4v) is 4.15. The van der Waals surface area contributed by atoms with E-state index in [2.05, 4.69) is 20.5 Å². The zero-order chi connectivity index (χ0) is 22.2. The van der Waals surface area contributed by atoms with E-state index in [1.807, 2.05) is 104 Å². The zero-order valence-electron chi connectivity index (χ0n) is 18.4. The second-order valence-corrected chi connectivity index (χ2v) is 8.10. The van der Waals surface area contributed by atoms with E-state index in [0.29, 0.717) is 5.69 Å². The van der Waals surface area contributed by atoms with Crippen LogP contribution < -0.4 is 9.47 Å². The average molecular weight is 422 g/mol. The molecule has 5 nitrogen and oxygen atoms in total. The summed E-state index contributed by atoms with van der Waals surface area (Å²) in [7, 11) is 6.04. The van der Waals surface area contributed by atoms with Crippen molar-refractivity contribution in [3.8, 4) is 11.3 Å². The van der Waals surface area contributed by atoms with Crippen molar-refractivity contribution >= 4 is 34.4 Å². The first-order valence-electron chi connectivity index (χ1n) is 10.6. The Hall–Kier alpha value is -4.12. The van der Waals surface area contributed by atoms with Gasteiger partial charge in [0.2, 0.25) is 5.78 Å². The molecule has 5 aromatic rings. The van der Waals surface area contributed by atoms with Gasteiger partial charge < -0.3 is 4.90 Å². The molecule has 0 aliphatic heterocycles. The van der Waals surface area contributed by atoms with Crippen molar-refractivity contribution in [2.45, 2.75) is 0 Å². The van der Waals surface area contributed by atoms with Crippen LogP contribution in [-0.2, 0) is 7.05 Å². The number of rotatable bonds is 5. The Morgan fingerprint density at radius 3 is 2.34 bits per heavy atom. The molecule has 1 N–H and O–H groups in total. The van der Waals surface area contributed by atoms with E-state index in [1.165, 1.54) is 0 Å². The van der Waals surface area contributed by atoms with Gasteiger partial charge in [0.15, 0.2) is 5.69 Å². The third-order valence-corrected chi connectivity index (χ3v) is 5.84. The fraction of sp³-hybridized carbons (Fsp3) is 0.111. The number of ketones is 1. The van der Waals surface area contributed by atoms with Gasteiger partial charge >= 0.3 is 5.78 Å². The number of fused-ring (bicyclic) bond motifs is 3. The number of allylic oxidation sites excluding steroid dienone is 1. The Bertz CT molecular complexity index is 1450. The summed E-state index contributed by atoms with van der Waals surface area (Å²) >= 11 is 0. The Balaban J connectivity index is 1.65. The van der Waals surface area contributed by atoms with Crippen molar-refractivity contribution in [3.05, 3.63) is 96.2 Å². The maximum atomic E-state index is 13.6. The third kappa shape index (κ3) is 3.28. The summed E-state index contributed by atoms with van der Waals surface area (Å²) in [5.41, 5.74) is 6.60. The van der Waals surface area contributed by atoms with Crippen LogP contribution in [0.3, 0.4) is 0 Å². The molecule has 0 bridgehead atoms. The molecule has 5 rings (SSSR count). The van der Waals surface area contributed by atoms with Crippen molar-refractivity contribution in [3.63, 3.8) is 0 Å². The van der Waals surface area contributed by atoms with Crippen LogP contribution in [0.5, 0.6) is 0 Å². The first-order valence-corrected chi connectivity index (χ1v) is 10.6. The fourth-order valence-electron chi connectivity index (χ4n) is 4.15. The lowest BCUT2D eigenvalue weighted by Crippen LogP contribution is -2.27. The SMILES string of the molecule is CN(C)c1ccc(C=CC(=O)c2c(-c3ccccc3)[nH]c3n2c2ccccc2[n+]3C)cc1. The van der Waals surface area contributed by atoms with Crippen molar-refractivity contribution in [1.29, 1.82) is 0 Å². The molecule has 5 heteroatoms. The summed E-state index contributed by atoms with van der Waals surface area (Å²) in [6, 6.07) is 26.3. The van der Waals surface area contributed by atoms with E-state index in [0.717, 1.165) is 39.3 Å². The highest BCUT2D eigenvalue weighted by Crippen LogP contribution is 2.28. The van der Waals surface area contributed by atoms with E-state index < -0.39 is 0 Å². The molecule has 0 aliphatic rings. The number of nitrogens with one attached hydrogen (secondary N) is 1. The summed E-state index contributed by atoms with van der Waals surface area (Å²) in [6.07, 6.45) is 3.54. The van der Waals surface area contributed by atoms with Crippen molar-refractivity contribution in [1.82, 2.24) is 9.38 Å². The van der Waals surface area contributed by atoms with E-state index in [-0.39, 0.29) is 5.78 Å². The highest BCUT2D eigenvalue weighted by Gasteiger charge is 2.29. The standard InChI is InChI=1S/C27H24N4O/c1-29(2)21-16-13-19(14-17-21)15-18-24(32)26-25(20-9-5-4-6-10-20)28-27-30(3)22-11-7-8-12-23(22)31(26)27/h4-18H,1-3H3/p+1. The number of imidazole rings is 2. The Labute approximate surface area is 186 Å². The van der Waals surface area contributed by atoms with Crippen LogP contribution in [-0.4, -0.2) is 29.3 Å². The molecule has 0 saturated carbocycles. The molecule has 0 spiro atoms. The van der Waals surface area contributed by atoms with Crippen molar-refractivity contribution in [2.75, 3.05) is 19.0 Å². The predicted octanol–water partition coefficient (Wildman–Crippen LogP) is 4.87. The summed E-state index contributed by atoms with van der Waals surface area (Å²) in [6.45, 7) is 0. The predicted molar refractivity (Wildman–Crippen MR) is 130 cm³/mol. The van der Waals surface area contributed by atoms with Gasteiger partial charge in [0.25, 0.3) is 0 Å². The molecule has 2 aromatic heterocycles. The molecule has 0 atom stereocenters. The molecule has 0 fully saturated rings. The van der Waals surface area contributed by atoms with Gasteiger partial charge in [0.05, 0.1) is 7.05 Å². The van der Waals surface area contributed by atoms with Crippen molar-refractivity contribution in [2.24, 2.45) is 7.05 Å². The minimum Gasteiger partial charge on any atom is -0.378 e. The van der Waals surface area contributed by atoms with Crippen LogP contribution in [0.15, 0.2) is 84.9 Å². The van der Waals surface area contributed by atoms with E-state index >= 15 is 0 Å². The number of aryl methyl sites for hydroxylation is 1. The van der Waals surface area contributed by atoms with Crippen LogP contribution in [0, 0.1) is 0 Å². The number of aromatic nitrogens is 3. The van der Waals surface area contributed by atoms with E-state index in [9.17, 15) is 4.79 Å². The van der Waals surface area contributed by atoms with Crippen LogP contribution >= 0.6 is 0 Å². The molecule has 3 aromatic carbocycles. The quantitative estimate of drug-likeness (QED) is 0.250. The van der Waals surface area contributed by atoms with Gasteiger partial charge in [-0.2, -0.15) is 4.40 Å². The van der Waals surface area contributed by atoms with Gasteiger partial charge in [-0.3, -0.25) is 4.79 Å². The zero-order valence-corrected chi connectivity index (χ0v) is 18.4. The Morgan fingerprint density at radius 1 is 0.938 bits per heavy atom. The molecule has 0 aliphatic carbocycles. The van der Waals surface area contributed by atoms with E-state index in [1.54, 1.807) is 6.08 Å². The number of nitrogens with zero attached hydrogens (tertiary/aromatic N) is 3. The van der Waals surface area contributed by atoms with E-state index in [4.69, 9.17) is 0 Å². The molecule has 2 heterocycles. The lowest BCUT2D eigenvalue weighted by molar-refractivity contribution is -0.620. The highest BCUT2D eigenvalue weighted by atomic mass is 16.1. The molecule has 0 radical (unpaired) electrons.